The molecule has 7 nitrogen and oxygen atoms in total. The highest BCUT2D eigenvalue weighted by molar-refractivity contribution is 9.12. The van der Waals surface area contributed by atoms with E-state index in [9.17, 15) is 19.2 Å². The van der Waals surface area contributed by atoms with Gasteiger partial charge in [-0.25, -0.2) is 4.79 Å². The lowest BCUT2D eigenvalue weighted by molar-refractivity contribution is -0.159. The Morgan fingerprint density at radius 1 is 1.20 bits per heavy atom. The first-order valence-corrected chi connectivity index (χ1v) is 11.8. The largest absolute Gasteiger partial charge is 0.454 e. The summed E-state index contributed by atoms with van der Waals surface area (Å²) in [5, 5.41) is 3.03. The number of carbonyl (C=O) groups excluding carboxylic acids is 4. The minimum atomic E-state index is -1.09. The molecule has 2 bridgehead atoms. The number of alkyl halides is 2. The Balaban J connectivity index is 1.37. The average Bonchev–Trinajstić information content (AvgIpc) is 3.30. The zero-order valence-electron chi connectivity index (χ0n) is 15.9. The molecule has 2 saturated carbocycles. The third kappa shape index (κ3) is 3.58. The van der Waals surface area contributed by atoms with Crippen molar-refractivity contribution < 1.29 is 23.9 Å². The number of imide groups is 1. The van der Waals surface area contributed by atoms with E-state index in [1.54, 1.807) is 24.3 Å². The summed E-state index contributed by atoms with van der Waals surface area (Å²) in [6.45, 7) is 0.921. The highest BCUT2D eigenvalue weighted by Gasteiger charge is 2.67. The number of fused-ring (bicyclic) bond motifs is 5. The molecule has 1 aromatic rings. The number of likely N-dealkylation sites (tertiary alicyclic amines) is 1. The van der Waals surface area contributed by atoms with Gasteiger partial charge in [0.1, 0.15) is 6.04 Å². The van der Waals surface area contributed by atoms with E-state index < -0.39 is 36.4 Å². The Labute approximate surface area is 195 Å². The Kier molecular flexibility index (Phi) is 5.98. The number of ether oxygens (including phenoxy) is 1. The van der Waals surface area contributed by atoms with Crippen LogP contribution in [-0.4, -0.2) is 50.9 Å². The van der Waals surface area contributed by atoms with Crippen LogP contribution >= 0.6 is 43.5 Å². The fraction of sp³-hybridized carbons (Fsp3) is 0.500. The van der Waals surface area contributed by atoms with Crippen LogP contribution in [0.15, 0.2) is 24.3 Å². The van der Waals surface area contributed by atoms with Crippen LogP contribution in [-0.2, 0) is 23.9 Å². The van der Waals surface area contributed by atoms with E-state index >= 15 is 0 Å². The number of hydrogen-bond acceptors (Lipinski definition) is 5. The van der Waals surface area contributed by atoms with Crippen LogP contribution in [0.2, 0.25) is 5.02 Å². The molecule has 7 atom stereocenters. The molecule has 2 aliphatic carbocycles. The molecular weight excluding hydrogens is 543 g/mol. The number of esters is 1. The molecule has 0 radical (unpaired) electrons. The van der Waals surface area contributed by atoms with E-state index in [0.29, 0.717) is 10.7 Å². The maximum Gasteiger partial charge on any atom is 0.329 e. The normalized spacial score (nSPS) is 32.9. The molecule has 0 unspecified atom stereocenters. The second-order valence-corrected chi connectivity index (χ2v) is 10.4. The van der Waals surface area contributed by atoms with Crippen molar-refractivity contribution in [3.8, 4) is 0 Å². The minimum Gasteiger partial charge on any atom is -0.454 e. The monoisotopic (exact) mass is 560 g/mol. The van der Waals surface area contributed by atoms with Gasteiger partial charge < -0.3 is 10.1 Å². The molecule has 1 aliphatic heterocycles. The zero-order valence-corrected chi connectivity index (χ0v) is 19.8. The standard InChI is InChI=1S/C20H19Br2ClN2O5/c1-8(20(29)30-7-13(26)24-10-4-2-3-9(23)5-10)25-18(27)14-11-6-12(15(14)19(25)28)17(22)16(11)21/h2-5,8,11-12,14-17H,6-7H2,1H3,(H,24,26)/t8-,11-,12-,14-,15-,16+,17+/m1/s1. The molecule has 3 aliphatic rings. The Morgan fingerprint density at radius 3 is 2.37 bits per heavy atom. The Morgan fingerprint density at radius 2 is 1.80 bits per heavy atom. The molecule has 160 valence electrons. The SMILES string of the molecule is C[C@H](C(=O)OCC(=O)Nc1cccc(Cl)c1)N1C(=O)[C@@H]2[C@H]3C[C@@H]([C@H](Br)[C@H]3Br)[C@H]2C1=O. The van der Waals surface area contributed by atoms with Gasteiger partial charge in [-0.3, -0.25) is 19.3 Å². The van der Waals surface area contributed by atoms with Crippen molar-refractivity contribution in [2.45, 2.75) is 29.0 Å². The number of nitrogens with zero attached hydrogens (tertiary/aromatic N) is 1. The van der Waals surface area contributed by atoms with Gasteiger partial charge in [0.05, 0.1) is 11.8 Å². The third-order valence-electron chi connectivity index (χ3n) is 6.20. The van der Waals surface area contributed by atoms with Gasteiger partial charge in [-0.2, -0.15) is 0 Å². The topological polar surface area (TPSA) is 92.8 Å². The number of benzene rings is 1. The molecule has 1 heterocycles. The molecule has 4 rings (SSSR count). The number of rotatable bonds is 5. The molecule has 3 fully saturated rings. The van der Waals surface area contributed by atoms with Gasteiger partial charge in [0, 0.05) is 20.4 Å². The first-order chi connectivity index (χ1) is 14.2. The second-order valence-electron chi connectivity index (χ2n) is 7.89. The van der Waals surface area contributed by atoms with E-state index in [0.717, 1.165) is 11.3 Å². The van der Waals surface area contributed by atoms with Crippen LogP contribution in [0, 0.1) is 23.7 Å². The number of amides is 3. The predicted molar refractivity (Wildman–Crippen MR) is 116 cm³/mol. The molecule has 0 aromatic heterocycles. The van der Waals surface area contributed by atoms with Gasteiger partial charge in [0.2, 0.25) is 11.8 Å². The van der Waals surface area contributed by atoms with Gasteiger partial charge in [0.15, 0.2) is 6.61 Å². The van der Waals surface area contributed by atoms with Gasteiger partial charge in [-0.1, -0.05) is 49.5 Å². The maximum atomic E-state index is 13.0. The van der Waals surface area contributed by atoms with Gasteiger partial charge in [0.25, 0.3) is 5.91 Å². The fourth-order valence-electron chi connectivity index (χ4n) is 4.88. The number of hydrogen-bond donors (Lipinski definition) is 1. The summed E-state index contributed by atoms with van der Waals surface area (Å²) in [6.07, 6.45) is 0.814. The lowest BCUT2D eigenvalue weighted by Gasteiger charge is -2.28. The summed E-state index contributed by atoms with van der Waals surface area (Å²) in [4.78, 5) is 51.7. The van der Waals surface area contributed by atoms with Crippen LogP contribution in [0.4, 0.5) is 5.69 Å². The van der Waals surface area contributed by atoms with E-state index in [2.05, 4.69) is 37.2 Å². The number of carbonyl (C=O) groups is 4. The summed E-state index contributed by atoms with van der Waals surface area (Å²) in [5.41, 5.74) is 0.471. The van der Waals surface area contributed by atoms with Crippen LogP contribution in [0.25, 0.3) is 0 Å². The van der Waals surface area contributed by atoms with Crippen molar-refractivity contribution in [1.82, 2.24) is 4.90 Å². The van der Waals surface area contributed by atoms with Crippen molar-refractivity contribution in [3.05, 3.63) is 29.3 Å². The average molecular weight is 563 g/mol. The summed E-state index contributed by atoms with van der Waals surface area (Å²) in [6, 6.07) is 5.47. The van der Waals surface area contributed by atoms with Crippen molar-refractivity contribution in [2.75, 3.05) is 11.9 Å². The lowest BCUT2D eigenvalue weighted by Crippen LogP contribution is -2.45. The third-order valence-corrected chi connectivity index (χ3v) is 9.65. The lowest BCUT2D eigenvalue weighted by atomic mass is 9.81. The number of halogens is 3. The van der Waals surface area contributed by atoms with Gasteiger partial charge in [-0.05, 0) is 43.4 Å². The van der Waals surface area contributed by atoms with E-state index in [4.69, 9.17) is 16.3 Å². The molecule has 1 saturated heterocycles. The van der Waals surface area contributed by atoms with Gasteiger partial charge >= 0.3 is 5.97 Å². The second kappa shape index (κ2) is 8.24. The quantitative estimate of drug-likeness (QED) is 0.339. The van der Waals surface area contributed by atoms with Crippen molar-refractivity contribution in [1.29, 1.82) is 0 Å². The van der Waals surface area contributed by atoms with Crippen LogP contribution in [0.1, 0.15) is 13.3 Å². The summed E-state index contributed by atoms with van der Waals surface area (Å²) >= 11 is 13.1. The molecule has 1 aromatic carbocycles. The van der Waals surface area contributed by atoms with Crippen molar-refractivity contribution in [2.24, 2.45) is 23.7 Å². The predicted octanol–water partition coefficient (Wildman–Crippen LogP) is 2.99. The molecule has 1 N–H and O–H groups in total. The molecule has 10 heteroatoms. The van der Waals surface area contributed by atoms with E-state index in [-0.39, 0.29) is 33.3 Å². The zero-order chi connectivity index (χ0) is 21.7. The summed E-state index contributed by atoms with van der Waals surface area (Å²) in [5.74, 6) is -2.66. The number of nitrogens with one attached hydrogen (secondary N) is 1. The van der Waals surface area contributed by atoms with Crippen LogP contribution in [0.3, 0.4) is 0 Å². The fourth-order valence-corrected chi connectivity index (χ4v) is 6.94. The molecule has 3 amide bonds. The smallest absolute Gasteiger partial charge is 0.329 e. The minimum absolute atomic E-state index is 0.0671. The molecule has 30 heavy (non-hydrogen) atoms. The highest BCUT2D eigenvalue weighted by Crippen LogP contribution is 2.60. The van der Waals surface area contributed by atoms with Crippen molar-refractivity contribution in [3.63, 3.8) is 0 Å². The van der Waals surface area contributed by atoms with Crippen LogP contribution < -0.4 is 5.32 Å². The molecular formula is C20H19Br2ClN2O5. The maximum absolute atomic E-state index is 13.0. The van der Waals surface area contributed by atoms with Crippen molar-refractivity contribution >= 4 is 72.8 Å². The summed E-state index contributed by atoms with van der Waals surface area (Å²) < 4.78 is 5.06. The Hall–Kier alpha value is -1.45. The Bertz CT molecular complexity index is 896. The summed E-state index contributed by atoms with van der Waals surface area (Å²) in [7, 11) is 0. The van der Waals surface area contributed by atoms with Gasteiger partial charge in [-0.15, -0.1) is 0 Å². The van der Waals surface area contributed by atoms with Crippen LogP contribution in [0.5, 0.6) is 0 Å². The van der Waals surface area contributed by atoms with E-state index in [1.807, 2.05) is 0 Å². The first-order valence-electron chi connectivity index (χ1n) is 9.57. The van der Waals surface area contributed by atoms with E-state index in [1.165, 1.54) is 6.92 Å². The number of anilines is 1. The molecule has 0 spiro atoms. The first kappa shape index (κ1) is 21.8. The highest BCUT2D eigenvalue weighted by atomic mass is 79.9.